The van der Waals surface area contributed by atoms with Gasteiger partial charge >= 0.3 is 0 Å². The van der Waals surface area contributed by atoms with Crippen LogP contribution in [-0.4, -0.2) is 76.0 Å². The molecule has 12 heteroatoms. The lowest BCUT2D eigenvalue weighted by Crippen LogP contribution is -2.48. The minimum atomic E-state index is -3.79. The smallest absolute Gasteiger partial charge is 0.269 e. The van der Waals surface area contributed by atoms with E-state index in [0.29, 0.717) is 24.0 Å². The number of sulfonamides is 1. The van der Waals surface area contributed by atoms with Crippen molar-refractivity contribution in [3.63, 3.8) is 0 Å². The number of benzene rings is 2. The topological polar surface area (TPSA) is 79.4 Å². The summed E-state index contributed by atoms with van der Waals surface area (Å²) in [5.74, 6) is 1.02. The molecule has 1 saturated heterocycles. The highest BCUT2D eigenvalue weighted by Gasteiger charge is 2.43. The summed E-state index contributed by atoms with van der Waals surface area (Å²) in [6, 6.07) is 10.1. The lowest BCUT2D eigenvalue weighted by Gasteiger charge is -2.39. The maximum absolute atomic E-state index is 12.9. The van der Waals surface area contributed by atoms with Gasteiger partial charge in [0, 0.05) is 43.8 Å². The average Bonchev–Trinajstić information content (AvgIpc) is 3.03. The number of anilines is 1. The third kappa shape index (κ3) is 5.91. The fraction of sp³-hybridized carbons (Fsp3) is 0.480. The molecule has 1 fully saturated rings. The van der Waals surface area contributed by atoms with Crippen LogP contribution in [0.2, 0.25) is 5.02 Å². The number of carbonyl (C=O) groups excluding carboxylic acids is 1. The highest BCUT2D eigenvalue weighted by atomic mass is 35.5. The molecule has 204 valence electrons. The van der Waals surface area contributed by atoms with Crippen molar-refractivity contribution in [1.82, 2.24) is 9.21 Å². The van der Waals surface area contributed by atoms with Crippen LogP contribution in [0, 0.1) is 5.41 Å². The summed E-state index contributed by atoms with van der Waals surface area (Å²) in [7, 11) is -3.79. The number of amides is 1. The lowest BCUT2D eigenvalue weighted by atomic mass is 9.88. The molecule has 0 aromatic heterocycles. The van der Waals surface area contributed by atoms with Crippen molar-refractivity contribution in [1.29, 1.82) is 0 Å². The van der Waals surface area contributed by atoms with Crippen LogP contribution < -0.4 is 14.4 Å². The summed E-state index contributed by atoms with van der Waals surface area (Å²) in [6.45, 7) is 9.45. The van der Waals surface area contributed by atoms with Crippen molar-refractivity contribution in [2.24, 2.45) is 5.41 Å². The van der Waals surface area contributed by atoms with Gasteiger partial charge in [-0.3, -0.25) is 9.69 Å². The van der Waals surface area contributed by atoms with E-state index in [1.807, 2.05) is 19.9 Å². The average molecular weight is 593 g/mol. The van der Waals surface area contributed by atoms with Crippen LogP contribution in [0.15, 0.2) is 41.3 Å². The van der Waals surface area contributed by atoms with E-state index >= 15 is 0 Å². The molecule has 0 aliphatic carbocycles. The van der Waals surface area contributed by atoms with Crippen LogP contribution in [-0.2, 0) is 10.0 Å². The largest absolute Gasteiger partial charge is 0.486 e. The van der Waals surface area contributed by atoms with Crippen molar-refractivity contribution < 1.29 is 22.7 Å². The Morgan fingerprint density at radius 3 is 2.38 bits per heavy atom. The molecule has 0 saturated carbocycles. The number of fused-ring (bicyclic) bond motifs is 2. The van der Waals surface area contributed by atoms with E-state index in [1.54, 1.807) is 24.3 Å². The highest BCUT2D eigenvalue weighted by Crippen LogP contribution is 2.42. The predicted octanol–water partition coefficient (Wildman–Crippen LogP) is 4.34. The van der Waals surface area contributed by atoms with Gasteiger partial charge in [-0.05, 0) is 36.6 Å². The van der Waals surface area contributed by atoms with Crippen LogP contribution in [0.5, 0.6) is 11.5 Å². The van der Waals surface area contributed by atoms with Crippen LogP contribution in [0.4, 0.5) is 5.69 Å². The first-order valence-corrected chi connectivity index (χ1v) is 13.7. The van der Waals surface area contributed by atoms with Gasteiger partial charge in [0.05, 0.1) is 11.3 Å². The minimum absolute atomic E-state index is 0. The Bertz CT molecular complexity index is 1250. The Hall–Kier alpha value is -1.91. The molecular weight excluding hydrogens is 561 g/mol. The molecule has 0 bridgehead atoms. The molecule has 2 aromatic rings. The van der Waals surface area contributed by atoms with Gasteiger partial charge in [-0.15, -0.1) is 24.8 Å². The number of hydrogen-bond acceptors (Lipinski definition) is 7. The molecule has 0 radical (unpaired) electrons. The van der Waals surface area contributed by atoms with Crippen LogP contribution in [0.1, 0.15) is 30.6 Å². The monoisotopic (exact) mass is 591 g/mol. The first kappa shape index (κ1) is 29.6. The van der Waals surface area contributed by atoms with E-state index in [-0.39, 0.29) is 47.2 Å². The first-order valence-electron chi connectivity index (χ1n) is 11.9. The van der Waals surface area contributed by atoms with Crippen LogP contribution >= 0.6 is 36.4 Å². The van der Waals surface area contributed by atoms with Gasteiger partial charge in [-0.2, -0.15) is 0 Å². The number of carbonyl (C=O) groups is 1. The minimum Gasteiger partial charge on any atom is -0.486 e. The van der Waals surface area contributed by atoms with Gasteiger partial charge in [-0.25, -0.2) is 12.7 Å². The zero-order chi connectivity index (χ0) is 24.8. The summed E-state index contributed by atoms with van der Waals surface area (Å²) in [5, 5.41) is 0.627. The Morgan fingerprint density at radius 1 is 1.00 bits per heavy atom. The van der Waals surface area contributed by atoms with Crippen molar-refractivity contribution in [2.75, 3.05) is 57.4 Å². The van der Waals surface area contributed by atoms with Crippen molar-refractivity contribution in [3.8, 4) is 11.5 Å². The Kier molecular flexibility index (Phi) is 9.18. The zero-order valence-corrected chi connectivity index (χ0v) is 24.0. The van der Waals surface area contributed by atoms with Gasteiger partial charge in [0.15, 0.2) is 11.5 Å². The molecule has 37 heavy (non-hydrogen) atoms. The maximum atomic E-state index is 12.9. The summed E-state index contributed by atoms with van der Waals surface area (Å²) in [4.78, 5) is 17.5. The zero-order valence-electron chi connectivity index (χ0n) is 20.8. The van der Waals surface area contributed by atoms with E-state index in [9.17, 15) is 13.2 Å². The molecular formula is C25H32Cl3N3O5S. The molecule has 8 nitrogen and oxygen atoms in total. The Balaban J connectivity index is 0.00000190. The standard InChI is InChI=1S/C25H30ClN3O5S.2ClH/c1-25(2,17-29-24(30)19-5-3-4-6-22(19)35(29,31)32)7-8-27-9-11-28(12-10-27)20-15-18(26)16-21-23(20)34-14-13-33-21;;/h3-6,15-16H,7-14,17H2,1-2H3;2*1H. The fourth-order valence-electron chi connectivity index (χ4n) is 4.87. The number of piperazine rings is 1. The second-order valence-corrected chi connectivity index (χ2v) is 12.3. The SMILES string of the molecule is CC(C)(CCN1CCN(c2cc(Cl)cc3c2OCCO3)CC1)CN1C(=O)c2ccccc2S1(=O)=O.Cl.Cl. The van der Waals surface area contributed by atoms with E-state index in [1.165, 1.54) is 6.07 Å². The molecule has 5 rings (SSSR count). The molecule has 0 N–H and O–H groups in total. The lowest BCUT2D eigenvalue weighted by molar-refractivity contribution is 0.0821. The maximum Gasteiger partial charge on any atom is 0.269 e. The molecule has 3 aliphatic rings. The molecule has 0 spiro atoms. The van der Waals surface area contributed by atoms with E-state index in [0.717, 1.165) is 54.9 Å². The normalized spacial score (nSPS) is 18.6. The van der Waals surface area contributed by atoms with Crippen molar-refractivity contribution in [3.05, 3.63) is 47.0 Å². The van der Waals surface area contributed by atoms with Crippen molar-refractivity contribution >= 4 is 58.0 Å². The first-order chi connectivity index (χ1) is 16.7. The van der Waals surface area contributed by atoms with Crippen molar-refractivity contribution in [2.45, 2.75) is 25.2 Å². The summed E-state index contributed by atoms with van der Waals surface area (Å²) in [6.07, 6.45) is 0.770. The number of nitrogens with zero attached hydrogens (tertiary/aromatic N) is 3. The fourth-order valence-corrected chi connectivity index (χ4v) is 6.83. The highest BCUT2D eigenvalue weighted by molar-refractivity contribution is 7.90. The second kappa shape index (κ2) is 11.5. The summed E-state index contributed by atoms with van der Waals surface area (Å²) < 4.78 is 38.5. The molecule has 0 atom stereocenters. The number of ether oxygens (including phenoxy) is 2. The van der Waals surface area contributed by atoms with Gasteiger partial charge in [0.1, 0.15) is 18.1 Å². The molecule has 3 heterocycles. The Morgan fingerprint density at radius 2 is 1.68 bits per heavy atom. The van der Waals surface area contributed by atoms with E-state index in [2.05, 4.69) is 9.80 Å². The third-order valence-corrected chi connectivity index (χ3v) is 8.89. The van der Waals surface area contributed by atoms with Gasteiger partial charge in [0.25, 0.3) is 15.9 Å². The second-order valence-electron chi connectivity index (χ2n) is 10.0. The van der Waals surface area contributed by atoms with Gasteiger partial charge < -0.3 is 14.4 Å². The molecule has 3 aliphatic heterocycles. The van der Waals surface area contributed by atoms with Gasteiger partial charge in [-0.1, -0.05) is 37.6 Å². The Labute approximate surface area is 235 Å². The number of halogens is 3. The molecule has 2 aromatic carbocycles. The third-order valence-electron chi connectivity index (χ3n) is 6.89. The van der Waals surface area contributed by atoms with Crippen LogP contribution in [0.25, 0.3) is 0 Å². The van der Waals surface area contributed by atoms with E-state index in [4.69, 9.17) is 21.1 Å². The molecule has 0 unspecified atom stereocenters. The predicted molar refractivity (Wildman–Crippen MR) is 149 cm³/mol. The molecule has 1 amide bonds. The van der Waals surface area contributed by atoms with E-state index < -0.39 is 15.9 Å². The quantitative estimate of drug-likeness (QED) is 0.494. The number of rotatable bonds is 6. The summed E-state index contributed by atoms with van der Waals surface area (Å²) >= 11 is 6.32. The summed E-state index contributed by atoms with van der Waals surface area (Å²) in [5.41, 5.74) is 0.862. The van der Waals surface area contributed by atoms with Gasteiger partial charge in [0.2, 0.25) is 0 Å². The number of hydrogen-bond donors (Lipinski definition) is 0. The van der Waals surface area contributed by atoms with Crippen LogP contribution in [0.3, 0.4) is 0 Å².